The maximum Gasteiger partial charge on any atom is 0.0429 e. The van der Waals surface area contributed by atoms with Crippen LogP contribution in [-0.2, 0) is 13.0 Å². The summed E-state index contributed by atoms with van der Waals surface area (Å²) in [4.78, 5) is 3.81. The topological polar surface area (TPSA) is 3.24 Å². The number of para-hydroxylation sites is 1. The molecular weight excluding hydrogens is 238 g/mol. The Bertz CT molecular complexity index is 533. The van der Waals surface area contributed by atoms with Gasteiger partial charge in [-0.1, -0.05) is 30.3 Å². The van der Waals surface area contributed by atoms with E-state index < -0.39 is 0 Å². The summed E-state index contributed by atoms with van der Waals surface area (Å²) in [5.74, 6) is 0. The van der Waals surface area contributed by atoms with E-state index in [1.165, 1.54) is 28.1 Å². The molecule has 0 atom stereocenters. The molecule has 2 aromatic carbocycles. The first-order chi connectivity index (χ1) is 8.86. The van der Waals surface area contributed by atoms with E-state index in [9.17, 15) is 0 Å². The van der Waals surface area contributed by atoms with Crippen LogP contribution in [0.25, 0.3) is 0 Å². The van der Waals surface area contributed by atoms with Crippen LogP contribution in [0.2, 0.25) is 0 Å². The molecular formula is C16H17NS. The molecule has 92 valence electrons. The van der Waals surface area contributed by atoms with Crippen LogP contribution in [0.15, 0.2) is 53.4 Å². The van der Waals surface area contributed by atoms with E-state index in [4.69, 9.17) is 0 Å². The van der Waals surface area contributed by atoms with Crippen molar-refractivity contribution < 1.29 is 0 Å². The average Bonchev–Trinajstić information content (AvgIpc) is 2.83. The van der Waals surface area contributed by atoms with Crippen molar-refractivity contribution in [3.8, 4) is 0 Å². The maximum absolute atomic E-state index is 2.48. The predicted octanol–water partition coefficient (Wildman–Crippen LogP) is 3.97. The third kappa shape index (κ3) is 2.25. The highest BCUT2D eigenvalue weighted by molar-refractivity contribution is 7.98. The largest absolute Gasteiger partial charge is 0.367 e. The molecule has 0 saturated carbocycles. The Labute approximate surface area is 113 Å². The molecule has 0 aliphatic carbocycles. The molecule has 0 saturated heterocycles. The average molecular weight is 255 g/mol. The van der Waals surface area contributed by atoms with E-state index in [1.54, 1.807) is 11.8 Å². The number of thioether (sulfide) groups is 1. The van der Waals surface area contributed by atoms with Crippen LogP contribution in [0.5, 0.6) is 0 Å². The molecule has 0 aromatic heterocycles. The molecule has 0 bridgehead atoms. The van der Waals surface area contributed by atoms with Gasteiger partial charge in [0.05, 0.1) is 0 Å². The van der Waals surface area contributed by atoms with Crippen molar-refractivity contribution in [2.75, 3.05) is 17.7 Å². The highest BCUT2D eigenvalue weighted by Crippen LogP contribution is 2.29. The van der Waals surface area contributed by atoms with Crippen molar-refractivity contribution in [3.63, 3.8) is 0 Å². The van der Waals surface area contributed by atoms with Gasteiger partial charge in [0.15, 0.2) is 0 Å². The Morgan fingerprint density at radius 1 is 1.06 bits per heavy atom. The second kappa shape index (κ2) is 5.07. The van der Waals surface area contributed by atoms with Gasteiger partial charge in [0.25, 0.3) is 0 Å². The second-order valence-electron chi connectivity index (χ2n) is 4.65. The van der Waals surface area contributed by atoms with Crippen molar-refractivity contribution in [3.05, 3.63) is 59.7 Å². The standard InChI is InChI=1S/C16H17NS/c1-18-15-8-6-13(7-9-15)12-17-11-10-14-4-2-3-5-16(14)17/h2-9H,10-12H2,1H3. The molecule has 1 aliphatic heterocycles. The first kappa shape index (κ1) is 11.7. The molecule has 1 aliphatic rings. The van der Waals surface area contributed by atoms with Gasteiger partial charge in [-0.2, -0.15) is 0 Å². The van der Waals surface area contributed by atoms with E-state index in [2.05, 4.69) is 59.7 Å². The predicted molar refractivity (Wildman–Crippen MR) is 79.4 cm³/mol. The smallest absolute Gasteiger partial charge is 0.0429 e. The SMILES string of the molecule is CSc1ccc(CN2CCc3ccccc32)cc1. The van der Waals surface area contributed by atoms with Crippen LogP contribution in [0.1, 0.15) is 11.1 Å². The monoisotopic (exact) mass is 255 g/mol. The normalized spacial score (nSPS) is 13.7. The molecule has 1 heterocycles. The van der Waals surface area contributed by atoms with E-state index >= 15 is 0 Å². The van der Waals surface area contributed by atoms with Crippen molar-refractivity contribution in [1.82, 2.24) is 0 Å². The van der Waals surface area contributed by atoms with E-state index in [0.29, 0.717) is 0 Å². The lowest BCUT2D eigenvalue weighted by Crippen LogP contribution is -2.19. The summed E-state index contributed by atoms with van der Waals surface area (Å²) in [6.45, 7) is 2.16. The van der Waals surface area contributed by atoms with Gasteiger partial charge in [-0.15, -0.1) is 11.8 Å². The molecule has 0 spiro atoms. The fraction of sp³-hybridized carbons (Fsp3) is 0.250. The Kier molecular flexibility index (Phi) is 3.28. The first-order valence-electron chi connectivity index (χ1n) is 6.32. The van der Waals surface area contributed by atoms with Crippen LogP contribution in [-0.4, -0.2) is 12.8 Å². The van der Waals surface area contributed by atoms with Crippen molar-refractivity contribution in [2.24, 2.45) is 0 Å². The number of fused-ring (bicyclic) bond motifs is 1. The van der Waals surface area contributed by atoms with Crippen molar-refractivity contribution >= 4 is 17.4 Å². The third-order valence-electron chi connectivity index (χ3n) is 3.52. The van der Waals surface area contributed by atoms with Crippen LogP contribution >= 0.6 is 11.8 Å². The molecule has 2 aromatic rings. The van der Waals surface area contributed by atoms with Gasteiger partial charge in [-0.25, -0.2) is 0 Å². The van der Waals surface area contributed by atoms with Crippen LogP contribution in [0, 0.1) is 0 Å². The second-order valence-corrected chi connectivity index (χ2v) is 5.53. The number of nitrogens with zero attached hydrogens (tertiary/aromatic N) is 1. The number of anilines is 1. The first-order valence-corrected chi connectivity index (χ1v) is 7.55. The summed E-state index contributed by atoms with van der Waals surface area (Å²) in [5, 5.41) is 0. The lowest BCUT2D eigenvalue weighted by molar-refractivity contribution is 0.835. The van der Waals surface area contributed by atoms with Gasteiger partial charge in [-0.05, 0) is 42.0 Å². The summed E-state index contributed by atoms with van der Waals surface area (Å²) >= 11 is 1.80. The molecule has 0 amide bonds. The van der Waals surface area contributed by atoms with Crippen LogP contribution in [0.3, 0.4) is 0 Å². The van der Waals surface area contributed by atoms with Crippen LogP contribution in [0.4, 0.5) is 5.69 Å². The zero-order valence-electron chi connectivity index (χ0n) is 10.6. The Morgan fingerprint density at radius 3 is 2.61 bits per heavy atom. The third-order valence-corrected chi connectivity index (χ3v) is 4.26. The summed E-state index contributed by atoms with van der Waals surface area (Å²) in [6, 6.07) is 17.7. The maximum atomic E-state index is 2.48. The van der Waals surface area contributed by atoms with E-state index in [1.807, 2.05) is 0 Å². The van der Waals surface area contributed by atoms with Crippen LogP contribution < -0.4 is 4.90 Å². The zero-order valence-corrected chi connectivity index (χ0v) is 11.4. The van der Waals surface area contributed by atoms with Gasteiger partial charge >= 0.3 is 0 Å². The van der Waals surface area contributed by atoms with E-state index in [0.717, 1.165) is 13.1 Å². The summed E-state index contributed by atoms with van der Waals surface area (Å²) in [7, 11) is 0. The lowest BCUT2D eigenvalue weighted by atomic mass is 10.1. The van der Waals surface area contributed by atoms with Gasteiger partial charge in [0.2, 0.25) is 0 Å². The Balaban J connectivity index is 1.77. The minimum absolute atomic E-state index is 1.02. The molecule has 1 nitrogen and oxygen atoms in total. The van der Waals surface area contributed by atoms with Gasteiger partial charge < -0.3 is 4.90 Å². The molecule has 0 radical (unpaired) electrons. The highest BCUT2D eigenvalue weighted by Gasteiger charge is 2.17. The number of rotatable bonds is 3. The highest BCUT2D eigenvalue weighted by atomic mass is 32.2. The van der Waals surface area contributed by atoms with Crippen molar-refractivity contribution in [2.45, 2.75) is 17.9 Å². The number of hydrogen-bond acceptors (Lipinski definition) is 2. The molecule has 2 heteroatoms. The molecule has 3 rings (SSSR count). The Hall–Kier alpha value is -1.41. The van der Waals surface area contributed by atoms with Gasteiger partial charge in [0, 0.05) is 23.7 Å². The molecule has 0 fully saturated rings. The molecule has 0 unspecified atom stereocenters. The number of benzene rings is 2. The van der Waals surface area contributed by atoms with Gasteiger partial charge in [0.1, 0.15) is 0 Å². The van der Waals surface area contributed by atoms with Crippen molar-refractivity contribution in [1.29, 1.82) is 0 Å². The minimum Gasteiger partial charge on any atom is -0.367 e. The lowest BCUT2D eigenvalue weighted by Gasteiger charge is -2.19. The molecule has 0 N–H and O–H groups in total. The summed E-state index contributed by atoms with van der Waals surface area (Å²) in [5.41, 5.74) is 4.29. The fourth-order valence-electron chi connectivity index (χ4n) is 2.52. The summed E-state index contributed by atoms with van der Waals surface area (Å²) in [6.07, 6.45) is 3.30. The minimum atomic E-state index is 1.02. The Morgan fingerprint density at radius 2 is 1.83 bits per heavy atom. The van der Waals surface area contributed by atoms with E-state index in [-0.39, 0.29) is 0 Å². The summed E-state index contributed by atoms with van der Waals surface area (Å²) < 4.78 is 0. The van der Waals surface area contributed by atoms with Gasteiger partial charge in [-0.3, -0.25) is 0 Å². The number of hydrogen-bond donors (Lipinski definition) is 0. The fourth-order valence-corrected chi connectivity index (χ4v) is 2.93. The quantitative estimate of drug-likeness (QED) is 0.763. The zero-order chi connectivity index (χ0) is 12.4. The molecule has 18 heavy (non-hydrogen) atoms.